The monoisotopic (exact) mass is 453 g/mol. The van der Waals surface area contributed by atoms with Crippen molar-refractivity contribution < 1.29 is 13.2 Å². The van der Waals surface area contributed by atoms with Gasteiger partial charge in [-0.1, -0.05) is 30.9 Å². The van der Waals surface area contributed by atoms with Crippen molar-refractivity contribution in [1.82, 2.24) is 9.97 Å². The fraction of sp³-hybridized carbons (Fsp3) is 0.158. The van der Waals surface area contributed by atoms with Gasteiger partial charge in [-0.2, -0.15) is 13.2 Å². The molecular weight excluding hydrogens is 439 g/mol. The van der Waals surface area contributed by atoms with Gasteiger partial charge in [0.15, 0.2) is 0 Å². The summed E-state index contributed by atoms with van der Waals surface area (Å²) >= 11 is 4.46. The summed E-state index contributed by atoms with van der Waals surface area (Å²) in [6, 6.07) is 7.77. The van der Waals surface area contributed by atoms with Crippen molar-refractivity contribution in [2.24, 2.45) is 0 Å². The Morgan fingerprint density at radius 3 is 2.59 bits per heavy atom. The van der Waals surface area contributed by atoms with Crippen molar-refractivity contribution in [3.8, 4) is 0 Å². The van der Waals surface area contributed by atoms with E-state index in [0.29, 0.717) is 33.0 Å². The molecule has 2 aromatic heterocycles. The van der Waals surface area contributed by atoms with Gasteiger partial charge in [-0.3, -0.25) is 0 Å². The van der Waals surface area contributed by atoms with Crippen molar-refractivity contribution in [2.45, 2.75) is 24.0 Å². The second-order valence-electron chi connectivity index (χ2n) is 5.65. The lowest BCUT2D eigenvalue weighted by Gasteiger charge is -2.19. The molecule has 2 aromatic rings. The fourth-order valence-electron chi connectivity index (χ4n) is 2.62. The Balaban J connectivity index is 1.95. The van der Waals surface area contributed by atoms with Gasteiger partial charge in [0.2, 0.25) is 0 Å². The highest BCUT2D eigenvalue weighted by Crippen LogP contribution is 2.39. The molecule has 3 rings (SSSR count). The van der Waals surface area contributed by atoms with E-state index in [9.17, 15) is 13.2 Å². The lowest BCUT2D eigenvalue weighted by Crippen LogP contribution is -2.12. The number of anilines is 1. The van der Waals surface area contributed by atoms with E-state index in [1.807, 2.05) is 12.1 Å². The first-order valence-corrected chi connectivity index (χ1v) is 9.66. The lowest BCUT2D eigenvalue weighted by atomic mass is 9.92. The molecule has 0 unspecified atom stereocenters. The van der Waals surface area contributed by atoms with E-state index in [4.69, 9.17) is 0 Å². The van der Waals surface area contributed by atoms with Crippen LogP contribution < -0.4 is 4.72 Å². The Bertz CT molecular complexity index is 923. The van der Waals surface area contributed by atoms with Gasteiger partial charge in [0.25, 0.3) is 0 Å². The summed E-state index contributed by atoms with van der Waals surface area (Å²) in [5.74, 6) is 0.319. The van der Waals surface area contributed by atoms with Crippen molar-refractivity contribution >= 4 is 39.3 Å². The number of alkyl halides is 3. The van der Waals surface area contributed by atoms with Crippen LogP contribution in [0.3, 0.4) is 0 Å². The third kappa shape index (κ3) is 4.81. The van der Waals surface area contributed by atoms with Gasteiger partial charge in [0.1, 0.15) is 15.4 Å². The van der Waals surface area contributed by atoms with E-state index in [2.05, 4.69) is 37.2 Å². The summed E-state index contributed by atoms with van der Waals surface area (Å²) in [5.41, 5.74) is 0.260. The number of allylic oxidation sites excluding steroid dienone is 5. The molecule has 0 spiro atoms. The zero-order chi connectivity index (χ0) is 19.4. The molecule has 1 N–H and O–H groups in total. The van der Waals surface area contributed by atoms with E-state index in [0.717, 1.165) is 12.5 Å². The number of nitrogens with zero attached hydrogens (tertiary/aromatic N) is 2. The predicted octanol–water partition coefficient (Wildman–Crippen LogP) is 6.67. The van der Waals surface area contributed by atoms with Crippen molar-refractivity contribution in [3.05, 3.63) is 76.6 Å². The maximum atomic E-state index is 13.5. The molecule has 3 nitrogen and oxygen atoms in total. The zero-order valence-corrected chi connectivity index (χ0v) is 16.5. The molecule has 0 bridgehead atoms. The van der Waals surface area contributed by atoms with Crippen LogP contribution in [0, 0.1) is 0 Å². The van der Waals surface area contributed by atoms with Crippen molar-refractivity contribution in [2.75, 3.05) is 4.72 Å². The summed E-state index contributed by atoms with van der Waals surface area (Å²) in [7, 11) is 0. The summed E-state index contributed by atoms with van der Waals surface area (Å²) < 4.78 is 44.2. The van der Waals surface area contributed by atoms with Crippen LogP contribution in [-0.2, 0) is 6.18 Å². The number of pyridine rings is 2. The number of nitrogens with one attached hydrogen (secondary N) is 1. The molecule has 2 heterocycles. The van der Waals surface area contributed by atoms with Crippen LogP contribution >= 0.6 is 27.9 Å². The number of halogens is 4. The largest absolute Gasteiger partial charge is 0.418 e. The summed E-state index contributed by atoms with van der Waals surface area (Å²) in [6.07, 6.45) is 2.16. The highest BCUT2D eigenvalue weighted by molar-refractivity contribution is 9.10. The molecule has 0 amide bonds. The fourth-order valence-corrected chi connectivity index (χ4v) is 3.70. The molecule has 0 radical (unpaired) electrons. The topological polar surface area (TPSA) is 37.8 Å². The lowest BCUT2D eigenvalue weighted by molar-refractivity contribution is -0.138. The van der Waals surface area contributed by atoms with Crippen LogP contribution in [0.25, 0.3) is 5.57 Å². The molecule has 0 aromatic carbocycles. The molecule has 0 fully saturated rings. The van der Waals surface area contributed by atoms with Gasteiger partial charge < -0.3 is 4.72 Å². The summed E-state index contributed by atoms with van der Waals surface area (Å²) in [4.78, 5) is 8.51. The van der Waals surface area contributed by atoms with E-state index in [-0.39, 0.29) is 5.69 Å². The Labute approximate surface area is 167 Å². The predicted molar refractivity (Wildman–Crippen MR) is 106 cm³/mol. The van der Waals surface area contributed by atoms with Gasteiger partial charge in [-0.25, -0.2) is 9.97 Å². The summed E-state index contributed by atoms with van der Waals surface area (Å²) in [6.45, 7) is 3.71. The average Bonchev–Trinajstić information content (AvgIpc) is 2.65. The third-order valence-electron chi connectivity index (χ3n) is 3.82. The standard InChI is InChI=1S/C19H15BrF3N3S/c1-2-12-6-3-4-7-13(12)18-14(19(21,22)23)10-11-16(25-18)26-27-17-9-5-8-15(20)24-17/h2,5-11H,1,3-4H2,(H,25,26). The van der Waals surface area contributed by atoms with Crippen molar-refractivity contribution in [1.29, 1.82) is 0 Å². The van der Waals surface area contributed by atoms with Gasteiger partial charge >= 0.3 is 6.18 Å². The second kappa shape index (κ2) is 8.31. The average molecular weight is 454 g/mol. The number of hydrogen-bond donors (Lipinski definition) is 1. The molecular formula is C19H15BrF3N3S. The molecule has 8 heteroatoms. The zero-order valence-electron chi connectivity index (χ0n) is 14.1. The van der Waals surface area contributed by atoms with E-state index >= 15 is 0 Å². The first-order valence-electron chi connectivity index (χ1n) is 8.05. The van der Waals surface area contributed by atoms with Crippen LogP contribution in [0.1, 0.15) is 24.1 Å². The van der Waals surface area contributed by atoms with E-state index in [1.165, 1.54) is 18.0 Å². The normalized spacial score (nSPS) is 14.4. The maximum absolute atomic E-state index is 13.5. The quantitative estimate of drug-likeness (QED) is 0.405. The minimum absolute atomic E-state index is 0.0962. The van der Waals surface area contributed by atoms with Crippen LogP contribution in [-0.4, -0.2) is 9.97 Å². The van der Waals surface area contributed by atoms with Crippen LogP contribution in [0.4, 0.5) is 19.0 Å². The van der Waals surface area contributed by atoms with Crippen molar-refractivity contribution in [3.63, 3.8) is 0 Å². The van der Waals surface area contributed by atoms with Crippen LogP contribution in [0.15, 0.2) is 70.3 Å². The smallest absolute Gasteiger partial charge is 0.309 e. The highest BCUT2D eigenvalue weighted by Gasteiger charge is 2.35. The Hall–Kier alpha value is -2.06. The maximum Gasteiger partial charge on any atom is 0.418 e. The summed E-state index contributed by atoms with van der Waals surface area (Å²) in [5, 5.41) is 0.663. The molecule has 27 heavy (non-hydrogen) atoms. The van der Waals surface area contributed by atoms with Gasteiger partial charge in [-0.05, 0) is 58.6 Å². The molecule has 140 valence electrons. The molecule has 0 aliphatic heterocycles. The van der Waals surface area contributed by atoms with Gasteiger partial charge in [0, 0.05) is 17.5 Å². The SMILES string of the molecule is C=CC1=CCCC=C1c1nc(NSc2cccc(Br)n2)ccc1C(F)(F)F. The molecule has 0 saturated carbocycles. The third-order valence-corrected chi connectivity index (χ3v) is 5.01. The Kier molecular flexibility index (Phi) is 6.06. The number of aromatic nitrogens is 2. The minimum atomic E-state index is -4.50. The molecule has 1 aliphatic carbocycles. The number of rotatable bonds is 5. The first-order chi connectivity index (χ1) is 12.9. The Morgan fingerprint density at radius 2 is 1.89 bits per heavy atom. The minimum Gasteiger partial charge on any atom is -0.309 e. The van der Waals surface area contributed by atoms with E-state index in [1.54, 1.807) is 24.3 Å². The first kappa shape index (κ1) is 19.7. The molecule has 1 aliphatic rings. The van der Waals surface area contributed by atoms with Gasteiger partial charge in [-0.15, -0.1) is 0 Å². The molecule has 0 atom stereocenters. The molecule has 0 saturated heterocycles. The number of hydrogen-bond acceptors (Lipinski definition) is 4. The van der Waals surface area contributed by atoms with Gasteiger partial charge in [0.05, 0.1) is 11.3 Å². The Morgan fingerprint density at radius 1 is 1.11 bits per heavy atom. The highest BCUT2D eigenvalue weighted by atomic mass is 79.9. The second-order valence-corrected chi connectivity index (χ2v) is 7.29. The van der Waals surface area contributed by atoms with Crippen LogP contribution in [0.5, 0.6) is 0 Å². The van der Waals surface area contributed by atoms with Crippen LogP contribution in [0.2, 0.25) is 0 Å². The van der Waals surface area contributed by atoms with E-state index < -0.39 is 11.7 Å².